The number of nitrogens with zero attached hydrogens (tertiary/aromatic N) is 2. The van der Waals surface area contributed by atoms with Gasteiger partial charge in [0.15, 0.2) is 0 Å². The Morgan fingerprint density at radius 2 is 1.83 bits per heavy atom. The molecule has 0 atom stereocenters. The number of anilines is 1. The Bertz CT molecular complexity index is 355. The van der Waals surface area contributed by atoms with Gasteiger partial charge in [-0.2, -0.15) is 0 Å². The smallest absolute Gasteiger partial charge is 0.0363 e. The van der Waals surface area contributed by atoms with Gasteiger partial charge in [-0.25, -0.2) is 0 Å². The molecule has 1 fully saturated rings. The standard InChI is InChI=1S/C15H23BrN2/c1-17-9-7-14(8-10-17)12-18(2)15-5-3-13(11-16)4-6-15/h3-6,14H,7-12H2,1-2H3. The van der Waals surface area contributed by atoms with Gasteiger partial charge >= 0.3 is 0 Å². The monoisotopic (exact) mass is 310 g/mol. The molecule has 0 aliphatic carbocycles. The Balaban J connectivity index is 1.88. The van der Waals surface area contributed by atoms with Crippen LogP contribution < -0.4 is 4.90 Å². The third-order valence-electron chi connectivity index (χ3n) is 3.90. The number of rotatable bonds is 4. The topological polar surface area (TPSA) is 6.48 Å². The highest BCUT2D eigenvalue weighted by Gasteiger charge is 2.18. The Morgan fingerprint density at radius 3 is 2.39 bits per heavy atom. The summed E-state index contributed by atoms with van der Waals surface area (Å²) in [4.78, 5) is 4.83. The minimum absolute atomic E-state index is 0.849. The van der Waals surface area contributed by atoms with Crippen LogP contribution in [0.4, 0.5) is 5.69 Å². The van der Waals surface area contributed by atoms with Crippen molar-refractivity contribution in [3.63, 3.8) is 0 Å². The van der Waals surface area contributed by atoms with Crippen LogP contribution in [0, 0.1) is 5.92 Å². The van der Waals surface area contributed by atoms with Crippen molar-refractivity contribution in [2.24, 2.45) is 5.92 Å². The van der Waals surface area contributed by atoms with Crippen LogP contribution in [0.2, 0.25) is 0 Å². The Hall–Kier alpha value is -0.540. The van der Waals surface area contributed by atoms with Gasteiger partial charge in [0.25, 0.3) is 0 Å². The largest absolute Gasteiger partial charge is 0.374 e. The lowest BCUT2D eigenvalue weighted by Gasteiger charge is -2.32. The zero-order chi connectivity index (χ0) is 13.0. The minimum Gasteiger partial charge on any atom is -0.374 e. The molecule has 0 radical (unpaired) electrons. The maximum absolute atomic E-state index is 3.49. The summed E-state index contributed by atoms with van der Waals surface area (Å²) in [6.07, 6.45) is 2.67. The number of piperidine rings is 1. The van der Waals surface area contributed by atoms with E-state index in [0.29, 0.717) is 0 Å². The van der Waals surface area contributed by atoms with E-state index >= 15 is 0 Å². The molecule has 0 unspecified atom stereocenters. The van der Waals surface area contributed by atoms with Crippen LogP contribution in [-0.2, 0) is 5.33 Å². The minimum atomic E-state index is 0.849. The van der Waals surface area contributed by atoms with Crippen molar-refractivity contribution in [2.45, 2.75) is 18.2 Å². The molecule has 1 saturated heterocycles. The first-order valence-corrected chi connectivity index (χ1v) is 7.86. The number of halogens is 1. The number of benzene rings is 1. The molecule has 1 heterocycles. The molecule has 0 bridgehead atoms. The fourth-order valence-electron chi connectivity index (χ4n) is 2.58. The third kappa shape index (κ3) is 3.72. The summed E-state index contributed by atoms with van der Waals surface area (Å²) in [7, 11) is 4.43. The van der Waals surface area contributed by atoms with Crippen molar-refractivity contribution in [3.8, 4) is 0 Å². The number of hydrogen-bond donors (Lipinski definition) is 0. The van der Waals surface area contributed by atoms with Gasteiger partial charge in [0, 0.05) is 24.6 Å². The highest BCUT2D eigenvalue weighted by molar-refractivity contribution is 9.08. The van der Waals surface area contributed by atoms with Crippen LogP contribution in [-0.4, -0.2) is 38.6 Å². The molecule has 0 N–H and O–H groups in total. The van der Waals surface area contributed by atoms with Gasteiger partial charge in [0.2, 0.25) is 0 Å². The van der Waals surface area contributed by atoms with E-state index in [4.69, 9.17) is 0 Å². The summed E-state index contributed by atoms with van der Waals surface area (Å²) in [5, 5.41) is 0.936. The van der Waals surface area contributed by atoms with Gasteiger partial charge in [-0.15, -0.1) is 0 Å². The molecule has 2 rings (SSSR count). The fourth-order valence-corrected chi connectivity index (χ4v) is 2.95. The molecule has 0 aromatic heterocycles. The maximum atomic E-state index is 3.49. The van der Waals surface area contributed by atoms with Gasteiger partial charge in [0.05, 0.1) is 0 Å². The fraction of sp³-hybridized carbons (Fsp3) is 0.600. The van der Waals surface area contributed by atoms with E-state index in [1.54, 1.807) is 0 Å². The van der Waals surface area contributed by atoms with Crippen molar-refractivity contribution >= 4 is 21.6 Å². The van der Waals surface area contributed by atoms with Crippen LogP contribution >= 0.6 is 15.9 Å². The summed E-state index contributed by atoms with van der Waals surface area (Å²) in [5.74, 6) is 0.849. The predicted molar refractivity (Wildman–Crippen MR) is 82.6 cm³/mol. The van der Waals surface area contributed by atoms with E-state index in [2.05, 4.69) is 64.1 Å². The summed E-state index contributed by atoms with van der Waals surface area (Å²) < 4.78 is 0. The predicted octanol–water partition coefficient (Wildman–Crippen LogP) is 3.36. The quantitative estimate of drug-likeness (QED) is 0.787. The van der Waals surface area contributed by atoms with Crippen molar-refractivity contribution < 1.29 is 0 Å². The molecule has 1 aliphatic rings. The summed E-state index contributed by atoms with van der Waals surface area (Å²) >= 11 is 3.49. The molecule has 100 valence electrons. The first-order valence-electron chi connectivity index (χ1n) is 6.73. The van der Waals surface area contributed by atoms with Crippen molar-refractivity contribution in [3.05, 3.63) is 29.8 Å². The molecule has 0 spiro atoms. The molecule has 18 heavy (non-hydrogen) atoms. The summed E-state index contributed by atoms with van der Waals surface area (Å²) in [6, 6.07) is 8.86. The lowest BCUT2D eigenvalue weighted by atomic mass is 9.96. The van der Waals surface area contributed by atoms with Crippen molar-refractivity contribution in [1.29, 1.82) is 0 Å². The summed E-state index contributed by atoms with van der Waals surface area (Å²) in [5.41, 5.74) is 2.67. The molecule has 3 heteroatoms. The van der Waals surface area contributed by atoms with Crippen LogP contribution in [0.1, 0.15) is 18.4 Å². The van der Waals surface area contributed by atoms with E-state index in [1.807, 2.05) is 0 Å². The Labute approximate surface area is 119 Å². The average Bonchev–Trinajstić information content (AvgIpc) is 2.41. The van der Waals surface area contributed by atoms with Crippen molar-refractivity contribution in [1.82, 2.24) is 4.90 Å². The molecule has 2 nitrogen and oxygen atoms in total. The first-order chi connectivity index (χ1) is 8.69. The Morgan fingerprint density at radius 1 is 1.22 bits per heavy atom. The molecule has 1 aromatic carbocycles. The lowest BCUT2D eigenvalue weighted by Crippen LogP contribution is -2.35. The summed E-state index contributed by atoms with van der Waals surface area (Å²) in [6.45, 7) is 3.68. The van der Waals surface area contributed by atoms with Crippen molar-refractivity contribution in [2.75, 3.05) is 38.6 Å². The Kier molecular flexibility index (Phi) is 5.07. The molecule has 0 amide bonds. The second kappa shape index (κ2) is 6.58. The van der Waals surface area contributed by atoms with E-state index in [1.165, 1.54) is 43.7 Å². The normalized spacial score (nSPS) is 17.9. The molecular formula is C15H23BrN2. The van der Waals surface area contributed by atoms with Crippen LogP contribution in [0.5, 0.6) is 0 Å². The average molecular weight is 311 g/mol. The van der Waals surface area contributed by atoms with Gasteiger partial charge in [-0.1, -0.05) is 28.1 Å². The third-order valence-corrected chi connectivity index (χ3v) is 4.55. The molecule has 1 aromatic rings. The molecule has 0 saturated carbocycles. The zero-order valence-electron chi connectivity index (χ0n) is 11.4. The highest BCUT2D eigenvalue weighted by atomic mass is 79.9. The number of hydrogen-bond acceptors (Lipinski definition) is 2. The SMILES string of the molecule is CN1CCC(CN(C)c2ccc(CBr)cc2)CC1. The highest BCUT2D eigenvalue weighted by Crippen LogP contribution is 2.21. The van der Waals surface area contributed by atoms with Crippen LogP contribution in [0.15, 0.2) is 24.3 Å². The van der Waals surface area contributed by atoms with Gasteiger partial charge in [0.1, 0.15) is 0 Å². The second-order valence-electron chi connectivity index (χ2n) is 5.43. The number of alkyl halides is 1. The first kappa shape index (κ1) is 13.9. The van der Waals surface area contributed by atoms with Crippen LogP contribution in [0.3, 0.4) is 0 Å². The van der Waals surface area contributed by atoms with Gasteiger partial charge < -0.3 is 9.80 Å². The zero-order valence-corrected chi connectivity index (χ0v) is 13.0. The van der Waals surface area contributed by atoms with E-state index < -0.39 is 0 Å². The lowest BCUT2D eigenvalue weighted by molar-refractivity contribution is 0.222. The maximum Gasteiger partial charge on any atom is 0.0363 e. The van der Waals surface area contributed by atoms with E-state index in [-0.39, 0.29) is 0 Å². The molecule has 1 aliphatic heterocycles. The second-order valence-corrected chi connectivity index (χ2v) is 5.99. The van der Waals surface area contributed by atoms with E-state index in [0.717, 1.165) is 11.2 Å². The molecular weight excluding hydrogens is 288 g/mol. The van der Waals surface area contributed by atoms with Crippen LogP contribution in [0.25, 0.3) is 0 Å². The number of likely N-dealkylation sites (tertiary alicyclic amines) is 1. The van der Waals surface area contributed by atoms with Gasteiger partial charge in [-0.05, 0) is 56.6 Å². The van der Waals surface area contributed by atoms with Gasteiger partial charge in [-0.3, -0.25) is 0 Å². The van der Waals surface area contributed by atoms with E-state index in [9.17, 15) is 0 Å².